The lowest BCUT2D eigenvalue weighted by Gasteiger charge is -2.44. The molecule has 0 N–H and O–H groups in total. The number of furan rings is 2. The fourth-order valence-corrected chi connectivity index (χ4v) is 21.6. The third-order valence-electron chi connectivity index (χ3n) is 26.3. The Kier molecular flexibility index (Phi) is 12.2. The molecule has 28 rings (SSSR count). The fraction of sp³-hybridized carbons (Fsp3) is 0. The minimum atomic E-state index is -0.396. The van der Waals surface area contributed by atoms with Crippen LogP contribution in [0.25, 0.3) is 203 Å². The largest absolute Gasteiger partial charge is 0.456 e. The fourth-order valence-electron chi connectivity index (χ4n) is 21.6. The number of fused-ring (bicyclic) bond motifs is 28. The molecule has 0 spiro atoms. The molecule has 0 saturated carbocycles. The number of nitrogens with zero attached hydrogens (tertiary/aromatic N) is 7. The van der Waals surface area contributed by atoms with E-state index in [2.05, 4.69) is 409 Å². The quantitative estimate of drug-likeness (QED) is 0.149. The van der Waals surface area contributed by atoms with E-state index in [4.69, 9.17) is 8.83 Å². The van der Waals surface area contributed by atoms with Crippen LogP contribution >= 0.6 is 0 Å². The lowest BCUT2D eigenvalue weighted by atomic mass is 9.33. The number of aromatic nitrogens is 5. The highest BCUT2D eigenvalue weighted by atomic mass is 16.3. The topological polar surface area (TPSA) is 56.9 Å². The first kappa shape index (κ1) is 62.7. The Morgan fingerprint density at radius 1 is 0.195 bits per heavy atom. The molecule has 0 unspecified atom stereocenters. The van der Waals surface area contributed by atoms with Gasteiger partial charge >= 0.3 is 0 Å². The van der Waals surface area contributed by atoms with Crippen LogP contribution in [0.5, 0.6) is 0 Å². The highest BCUT2D eigenvalue weighted by molar-refractivity contribution is 7.00. The Bertz CT molecular complexity index is 8320. The van der Waals surface area contributed by atoms with Crippen LogP contribution in [0.1, 0.15) is 0 Å². The molecule has 2 aliphatic heterocycles. The zero-order valence-corrected chi connectivity index (χ0v) is 63.3. The zero-order valence-electron chi connectivity index (χ0n) is 63.3. The van der Waals surface area contributed by atoms with Crippen molar-refractivity contribution >= 4 is 226 Å². The standard InChI is InChI=1S/C108H62BN7O2/c1-3-25-65(26-4-1)110-91-43-21-13-35-75(91)105-93(110)45-23-47-95(105)114-97-59-79-77-57-67(112-85-37-15-7-29-69(85)70-30-8-16-38-86(70)112)49-51-101(77)117-103(79)61-83(97)109-84-62-104-80(78-58-68(50-52-102(78)118-104)113-87-39-17-9-31-71(87)72-32-10-18-40-88(72)113)60-98(84)115(96-48-24-46-94-106(96)76-36-14-22-44-92(76)111(94)66-27-5-2-6-28-66)100-56-64(55-99(114)107(100)109)63-53-81-73-33-11-19-41-89(73)116-90-42-20-12-34-74(90)82(54-63)108(81)116/h1-62H. The van der Waals surface area contributed by atoms with Gasteiger partial charge in [-0.05, 0) is 210 Å². The molecule has 10 heterocycles. The van der Waals surface area contributed by atoms with Crippen LogP contribution in [0.2, 0.25) is 0 Å². The lowest BCUT2D eigenvalue weighted by Crippen LogP contribution is -2.61. The van der Waals surface area contributed by atoms with E-state index >= 15 is 0 Å². The first-order chi connectivity index (χ1) is 58.6. The molecule has 0 aliphatic carbocycles. The summed E-state index contributed by atoms with van der Waals surface area (Å²) in [5.74, 6) is 0. The smallest absolute Gasteiger partial charge is 0.252 e. The number of hydrogen-bond acceptors (Lipinski definition) is 4. The average molecular weight is 1500 g/mol. The lowest BCUT2D eigenvalue weighted by molar-refractivity contribution is 0.669. The van der Waals surface area contributed by atoms with Crippen molar-refractivity contribution in [1.82, 2.24) is 22.7 Å². The van der Waals surface area contributed by atoms with Gasteiger partial charge in [-0.2, -0.15) is 0 Å². The van der Waals surface area contributed by atoms with Gasteiger partial charge in [0, 0.05) is 132 Å². The van der Waals surface area contributed by atoms with Gasteiger partial charge in [-0.1, -0.05) is 194 Å². The molecule has 26 aromatic rings. The summed E-state index contributed by atoms with van der Waals surface area (Å²) >= 11 is 0. The third kappa shape index (κ3) is 8.23. The van der Waals surface area contributed by atoms with Crippen molar-refractivity contribution in [1.29, 1.82) is 0 Å². The molecule has 0 bridgehead atoms. The SMILES string of the molecule is c1ccc(-n2c3ccccc3c3c(N4c5cc6c(cc5B5c7cc8oc9ccc(-n%10c%11ccccc%11c%11ccccc%11%10)cc9c8cc7N(c7cccc8c7c7ccccc7n8-c7ccccc7)c7cc(-c8cc9c%10ccccc%10n%10c%11ccccc%11c(c8)c9%10)cc4c75)oc4ccc(-n5c7ccccc7c7ccccc75)cc46)cccc32)cc1. The van der Waals surface area contributed by atoms with E-state index in [0.29, 0.717) is 0 Å². The van der Waals surface area contributed by atoms with Gasteiger partial charge in [-0.15, -0.1) is 0 Å². The molecule has 544 valence electrons. The molecular weight excluding hydrogens is 1440 g/mol. The number of benzene rings is 18. The summed E-state index contributed by atoms with van der Waals surface area (Å²) in [5.41, 5.74) is 32.2. The van der Waals surface area contributed by atoms with Crippen LogP contribution in [0, 0.1) is 0 Å². The van der Waals surface area contributed by atoms with Crippen LogP contribution in [0.4, 0.5) is 34.1 Å². The maximum absolute atomic E-state index is 7.45. The summed E-state index contributed by atoms with van der Waals surface area (Å²) in [6.07, 6.45) is 0. The average Bonchev–Trinajstić information content (AvgIpc) is 1.13. The molecule has 10 heteroatoms. The van der Waals surface area contributed by atoms with Crippen LogP contribution < -0.4 is 26.2 Å². The molecule has 0 atom stereocenters. The van der Waals surface area contributed by atoms with E-state index in [1.807, 2.05) is 0 Å². The van der Waals surface area contributed by atoms with Gasteiger partial charge < -0.3 is 41.3 Å². The van der Waals surface area contributed by atoms with Gasteiger partial charge in [0.05, 0.1) is 72.1 Å². The predicted molar refractivity (Wildman–Crippen MR) is 492 cm³/mol. The Morgan fingerprint density at radius 3 is 0.924 bits per heavy atom. The van der Waals surface area contributed by atoms with Crippen molar-refractivity contribution in [3.05, 3.63) is 376 Å². The Hall–Kier alpha value is -15.8. The molecule has 18 aromatic carbocycles. The van der Waals surface area contributed by atoms with Crippen LogP contribution in [-0.4, -0.2) is 29.4 Å². The van der Waals surface area contributed by atoms with E-state index in [-0.39, 0.29) is 0 Å². The first-order valence-electron chi connectivity index (χ1n) is 40.7. The number of rotatable bonds is 7. The van der Waals surface area contributed by atoms with E-state index in [1.54, 1.807) is 0 Å². The zero-order chi connectivity index (χ0) is 76.4. The number of anilines is 6. The summed E-state index contributed by atoms with van der Waals surface area (Å²) in [7, 11) is 0. The molecule has 8 aromatic heterocycles. The van der Waals surface area contributed by atoms with Crippen LogP contribution in [0.3, 0.4) is 0 Å². The van der Waals surface area contributed by atoms with Crippen LogP contribution in [-0.2, 0) is 0 Å². The van der Waals surface area contributed by atoms with Gasteiger partial charge in [0.1, 0.15) is 22.3 Å². The second-order valence-electron chi connectivity index (χ2n) is 32.2. The maximum atomic E-state index is 7.45. The van der Waals surface area contributed by atoms with Crippen LogP contribution in [0.15, 0.2) is 385 Å². The second-order valence-corrected chi connectivity index (χ2v) is 32.2. The number of hydrogen-bond donors (Lipinski definition) is 0. The van der Waals surface area contributed by atoms with Gasteiger partial charge in [-0.25, -0.2) is 0 Å². The van der Waals surface area contributed by atoms with Gasteiger partial charge in [0.15, 0.2) is 0 Å². The minimum Gasteiger partial charge on any atom is -0.456 e. The molecule has 118 heavy (non-hydrogen) atoms. The highest BCUT2D eigenvalue weighted by Gasteiger charge is 2.46. The predicted octanol–water partition coefficient (Wildman–Crippen LogP) is 26.8. The first-order valence-corrected chi connectivity index (χ1v) is 40.7. The molecule has 9 nitrogen and oxygen atoms in total. The molecule has 0 amide bonds. The monoisotopic (exact) mass is 1500 g/mol. The van der Waals surface area contributed by atoms with Crippen molar-refractivity contribution in [3.63, 3.8) is 0 Å². The highest BCUT2D eigenvalue weighted by Crippen LogP contribution is 2.55. The molecule has 0 saturated heterocycles. The Morgan fingerprint density at radius 2 is 0.517 bits per heavy atom. The molecule has 0 fully saturated rings. The van der Waals surface area contributed by atoms with Gasteiger partial charge in [0.25, 0.3) is 6.71 Å². The summed E-state index contributed by atoms with van der Waals surface area (Å²) < 4.78 is 27.1. The molecular formula is C108H62BN7O2. The molecule has 0 radical (unpaired) electrons. The summed E-state index contributed by atoms with van der Waals surface area (Å²) in [5, 5.41) is 18.4. The Balaban J connectivity index is 0.798. The van der Waals surface area contributed by atoms with Crippen molar-refractivity contribution in [2.75, 3.05) is 9.80 Å². The van der Waals surface area contributed by atoms with Crippen molar-refractivity contribution in [2.24, 2.45) is 0 Å². The minimum absolute atomic E-state index is 0.396. The van der Waals surface area contributed by atoms with E-state index in [0.717, 1.165) is 194 Å². The van der Waals surface area contributed by atoms with Crippen molar-refractivity contribution in [2.45, 2.75) is 0 Å². The normalized spacial score (nSPS) is 13.0. The Labute approximate surface area is 673 Å². The summed E-state index contributed by atoms with van der Waals surface area (Å²) in [6.45, 7) is -0.396. The van der Waals surface area contributed by atoms with E-state index < -0.39 is 6.71 Å². The third-order valence-corrected chi connectivity index (χ3v) is 26.3. The summed E-state index contributed by atoms with van der Waals surface area (Å²) in [4.78, 5) is 5.32. The van der Waals surface area contributed by atoms with E-state index in [9.17, 15) is 0 Å². The molecule has 2 aliphatic rings. The number of para-hydroxylation sites is 10. The summed E-state index contributed by atoms with van der Waals surface area (Å²) in [6, 6.07) is 140. The second kappa shape index (κ2) is 23.0. The van der Waals surface area contributed by atoms with Crippen molar-refractivity contribution in [3.8, 4) is 33.9 Å². The van der Waals surface area contributed by atoms with Crippen molar-refractivity contribution < 1.29 is 8.83 Å². The van der Waals surface area contributed by atoms with Gasteiger partial charge in [0.2, 0.25) is 0 Å². The van der Waals surface area contributed by atoms with E-state index in [1.165, 1.54) is 59.6 Å². The van der Waals surface area contributed by atoms with Gasteiger partial charge in [-0.3, -0.25) is 0 Å². The maximum Gasteiger partial charge on any atom is 0.252 e.